The molecule has 0 amide bonds. The first kappa shape index (κ1) is 20.5. The van der Waals surface area contributed by atoms with Gasteiger partial charge in [0, 0.05) is 11.8 Å². The van der Waals surface area contributed by atoms with E-state index < -0.39 is 41.7 Å². The lowest BCUT2D eigenvalue weighted by Crippen LogP contribution is -2.72. The van der Waals surface area contributed by atoms with Gasteiger partial charge in [-0.3, -0.25) is 0 Å². The van der Waals surface area contributed by atoms with E-state index in [1.54, 1.807) is 6.92 Å². The Morgan fingerprint density at radius 2 is 1.43 bits per heavy atom. The lowest BCUT2D eigenvalue weighted by molar-refractivity contribution is -0.523. The van der Waals surface area contributed by atoms with Crippen LogP contribution in [0.5, 0.6) is 0 Å². The third-order valence-electron chi connectivity index (χ3n) is 5.02. The number of alkyl halides is 6. The summed E-state index contributed by atoms with van der Waals surface area (Å²) in [7, 11) is 0. The molecule has 9 heteroatoms. The van der Waals surface area contributed by atoms with Gasteiger partial charge in [-0.1, -0.05) is 27.2 Å². The minimum Gasteiger partial charge on any atom is -0.358 e. The fraction of sp³-hybridized carbons (Fsp3) is 1.00. The van der Waals surface area contributed by atoms with Crippen LogP contribution in [0.1, 0.15) is 52.9 Å². The van der Waals surface area contributed by atoms with E-state index in [0.717, 1.165) is 0 Å². The summed E-state index contributed by atoms with van der Waals surface area (Å²) in [5.41, 5.74) is -1.96. The van der Waals surface area contributed by atoms with E-state index in [1.165, 1.54) is 13.8 Å². The van der Waals surface area contributed by atoms with Crippen molar-refractivity contribution in [1.82, 2.24) is 0 Å². The molecule has 0 aromatic rings. The lowest BCUT2D eigenvalue weighted by Gasteiger charge is -2.58. The lowest BCUT2D eigenvalue weighted by atomic mass is 9.60. The van der Waals surface area contributed by atoms with Crippen LogP contribution in [0.15, 0.2) is 0 Å². The molecule has 23 heavy (non-hydrogen) atoms. The molecule has 1 aliphatic heterocycles. The SMILES string of the molecule is CCCC1CC(O)(C(F)(F)F)OC(O)(C(F)(F)F)C1(CC)CC. The van der Waals surface area contributed by atoms with Crippen LogP contribution in [-0.4, -0.2) is 34.1 Å². The average molecular weight is 352 g/mol. The summed E-state index contributed by atoms with van der Waals surface area (Å²) in [6.07, 6.45) is -12.1. The van der Waals surface area contributed by atoms with Crippen LogP contribution in [0.3, 0.4) is 0 Å². The Bertz CT molecular complexity index is 418. The highest BCUT2D eigenvalue weighted by atomic mass is 19.4. The Kier molecular flexibility index (Phi) is 5.41. The van der Waals surface area contributed by atoms with Gasteiger partial charge in [-0.2, -0.15) is 26.3 Å². The van der Waals surface area contributed by atoms with Crippen molar-refractivity contribution < 1.29 is 41.3 Å². The van der Waals surface area contributed by atoms with Gasteiger partial charge in [0.05, 0.1) is 0 Å². The van der Waals surface area contributed by atoms with E-state index in [1.807, 2.05) is 0 Å². The van der Waals surface area contributed by atoms with Crippen LogP contribution in [0, 0.1) is 11.3 Å². The van der Waals surface area contributed by atoms with Crippen LogP contribution in [-0.2, 0) is 4.74 Å². The summed E-state index contributed by atoms with van der Waals surface area (Å²) >= 11 is 0. The smallest absolute Gasteiger partial charge is 0.358 e. The van der Waals surface area contributed by atoms with Gasteiger partial charge in [0.1, 0.15) is 0 Å². The van der Waals surface area contributed by atoms with E-state index in [4.69, 9.17) is 0 Å². The molecule has 0 bridgehead atoms. The predicted molar refractivity (Wildman–Crippen MR) is 69.1 cm³/mol. The van der Waals surface area contributed by atoms with Crippen molar-refractivity contribution in [3.05, 3.63) is 0 Å². The highest BCUT2D eigenvalue weighted by Gasteiger charge is 2.77. The molecule has 1 fully saturated rings. The molecule has 0 aromatic heterocycles. The molecular weight excluding hydrogens is 330 g/mol. The molecule has 0 saturated carbocycles. The van der Waals surface area contributed by atoms with E-state index in [-0.39, 0.29) is 19.3 Å². The maximum atomic E-state index is 13.5. The van der Waals surface area contributed by atoms with Crippen molar-refractivity contribution in [1.29, 1.82) is 0 Å². The Morgan fingerprint density at radius 3 is 1.74 bits per heavy atom. The summed E-state index contributed by atoms with van der Waals surface area (Å²) in [5.74, 6) is -9.31. The normalized spacial score (nSPS) is 35.3. The molecule has 3 unspecified atom stereocenters. The number of aliphatic hydroxyl groups is 2. The van der Waals surface area contributed by atoms with Gasteiger partial charge in [0.15, 0.2) is 0 Å². The maximum Gasteiger partial charge on any atom is 0.443 e. The fourth-order valence-electron chi connectivity index (χ4n) is 3.74. The van der Waals surface area contributed by atoms with Crippen molar-refractivity contribution in [2.24, 2.45) is 11.3 Å². The van der Waals surface area contributed by atoms with Crippen molar-refractivity contribution in [2.75, 3.05) is 0 Å². The zero-order valence-corrected chi connectivity index (χ0v) is 13.2. The summed E-state index contributed by atoms with van der Waals surface area (Å²) in [5, 5.41) is 19.9. The first-order valence-electron chi connectivity index (χ1n) is 7.53. The molecule has 0 spiro atoms. The summed E-state index contributed by atoms with van der Waals surface area (Å²) in [6, 6.07) is 0. The zero-order valence-electron chi connectivity index (χ0n) is 13.2. The number of hydrogen-bond acceptors (Lipinski definition) is 3. The summed E-state index contributed by atoms with van der Waals surface area (Å²) in [4.78, 5) is 0. The van der Waals surface area contributed by atoms with Gasteiger partial charge in [-0.25, -0.2) is 0 Å². The minimum atomic E-state index is -5.48. The quantitative estimate of drug-likeness (QED) is 0.748. The summed E-state index contributed by atoms with van der Waals surface area (Å²) in [6.45, 7) is 4.35. The first-order valence-corrected chi connectivity index (χ1v) is 7.53. The largest absolute Gasteiger partial charge is 0.443 e. The van der Waals surface area contributed by atoms with Gasteiger partial charge in [-0.05, 0) is 25.2 Å². The molecule has 0 radical (unpaired) electrons. The van der Waals surface area contributed by atoms with Crippen molar-refractivity contribution >= 4 is 0 Å². The van der Waals surface area contributed by atoms with Crippen LogP contribution in [0.2, 0.25) is 0 Å². The van der Waals surface area contributed by atoms with Crippen LogP contribution in [0.25, 0.3) is 0 Å². The van der Waals surface area contributed by atoms with E-state index in [0.29, 0.717) is 6.42 Å². The Morgan fingerprint density at radius 1 is 0.957 bits per heavy atom. The van der Waals surface area contributed by atoms with E-state index >= 15 is 0 Å². The minimum absolute atomic E-state index is 0.00181. The predicted octanol–water partition coefficient (Wildman–Crippen LogP) is 4.13. The molecule has 3 nitrogen and oxygen atoms in total. The summed E-state index contributed by atoms with van der Waals surface area (Å²) < 4.78 is 83.7. The molecule has 0 aromatic carbocycles. The molecule has 3 atom stereocenters. The van der Waals surface area contributed by atoms with Crippen LogP contribution in [0.4, 0.5) is 26.3 Å². The molecule has 1 saturated heterocycles. The third kappa shape index (κ3) is 2.95. The number of halogens is 6. The second kappa shape index (κ2) is 6.07. The second-order valence-corrected chi connectivity index (χ2v) is 6.08. The fourth-order valence-corrected chi connectivity index (χ4v) is 3.74. The van der Waals surface area contributed by atoms with Gasteiger partial charge in [0.2, 0.25) is 0 Å². The van der Waals surface area contributed by atoms with Crippen molar-refractivity contribution in [2.45, 2.75) is 76.8 Å². The molecule has 1 aliphatic rings. The highest BCUT2D eigenvalue weighted by molar-refractivity contribution is 5.07. The Labute approximate surface area is 130 Å². The van der Waals surface area contributed by atoms with Gasteiger partial charge < -0.3 is 14.9 Å². The number of ether oxygens (including phenoxy) is 1. The first-order chi connectivity index (χ1) is 10.2. The van der Waals surface area contributed by atoms with Crippen molar-refractivity contribution in [3.8, 4) is 0 Å². The van der Waals surface area contributed by atoms with Crippen LogP contribution >= 0.6 is 0 Å². The molecule has 1 rings (SSSR count). The average Bonchev–Trinajstić information content (AvgIpc) is 2.37. The Hall–Kier alpha value is -0.540. The molecule has 1 heterocycles. The second-order valence-electron chi connectivity index (χ2n) is 6.08. The standard InChI is InChI=1S/C14H22F6O3/c1-4-7-9-8-11(21,13(15,16)17)23-12(22,14(18,19)20)10(9,5-2)6-3/h9,21-22H,4-8H2,1-3H3. The number of hydrogen-bond donors (Lipinski definition) is 2. The van der Waals surface area contributed by atoms with Crippen molar-refractivity contribution in [3.63, 3.8) is 0 Å². The molecule has 2 N–H and O–H groups in total. The maximum absolute atomic E-state index is 13.5. The number of rotatable bonds is 4. The Balaban J connectivity index is 3.58. The molecule has 0 aliphatic carbocycles. The van der Waals surface area contributed by atoms with Crippen LogP contribution < -0.4 is 0 Å². The van der Waals surface area contributed by atoms with Gasteiger partial charge in [-0.15, -0.1) is 0 Å². The molecular formula is C14H22F6O3. The van der Waals surface area contributed by atoms with Gasteiger partial charge in [0.25, 0.3) is 11.6 Å². The monoisotopic (exact) mass is 352 g/mol. The zero-order chi connectivity index (χ0) is 18.3. The highest BCUT2D eigenvalue weighted by Crippen LogP contribution is 2.62. The molecule has 138 valence electrons. The van der Waals surface area contributed by atoms with Gasteiger partial charge >= 0.3 is 12.4 Å². The third-order valence-corrected chi connectivity index (χ3v) is 5.02. The topological polar surface area (TPSA) is 49.7 Å². The van der Waals surface area contributed by atoms with E-state index in [9.17, 15) is 36.6 Å². The van der Waals surface area contributed by atoms with E-state index in [2.05, 4.69) is 4.74 Å².